The monoisotopic (exact) mass is 485 g/mol. The number of likely N-dealkylation sites (tertiary alicyclic amines) is 1. The van der Waals surface area contributed by atoms with Crippen molar-refractivity contribution in [2.45, 2.75) is 32.2 Å². The number of anilines is 1. The van der Waals surface area contributed by atoms with Crippen molar-refractivity contribution in [3.8, 4) is 0 Å². The number of halogens is 1. The van der Waals surface area contributed by atoms with E-state index in [0.29, 0.717) is 18.4 Å². The zero-order valence-electron chi connectivity index (χ0n) is 16.4. The summed E-state index contributed by atoms with van der Waals surface area (Å²) >= 11 is 0. The maximum atomic E-state index is 11.8. The van der Waals surface area contributed by atoms with Crippen molar-refractivity contribution in [1.29, 1.82) is 0 Å². The Morgan fingerprint density at radius 1 is 1.19 bits per heavy atom. The van der Waals surface area contributed by atoms with Crippen LogP contribution in [0.3, 0.4) is 0 Å². The summed E-state index contributed by atoms with van der Waals surface area (Å²) in [6.07, 6.45) is 2.76. The number of hydrogen-bond acceptors (Lipinski definition) is 3. The molecule has 7 heteroatoms. The molecule has 3 rings (SSSR count). The van der Waals surface area contributed by atoms with Crippen molar-refractivity contribution < 1.29 is 4.79 Å². The molecule has 6 nitrogen and oxygen atoms in total. The second-order valence-corrected chi connectivity index (χ2v) is 7.21. The molecule has 0 spiro atoms. The predicted molar refractivity (Wildman–Crippen MR) is 122 cm³/mol. The number of rotatable bonds is 5. The van der Waals surface area contributed by atoms with Crippen LogP contribution in [0.25, 0.3) is 0 Å². The summed E-state index contributed by atoms with van der Waals surface area (Å²) in [5.74, 6) is 1.71. The molecule has 2 N–H and O–H groups in total. The van der Waals surface area contributed by atoms with Crippen LogP contribution in [0.1, 0.15) is 26.2 Å². The van der Waals surface area contributed by atoms with Gasteiger partial charge in [0.25, 0.3) is 0 Å². The molecule has 0 saturated carbocycles. The van der Waals surface area contributed by atoms with Gasteiger partial charge >= 0.3 is 0 Å². The lowest BCUT2D eigenvalue weighted by molar-refractivity contribution is -0.129. The molecule has 1 amide bonds. The first-order chi connectivity index (χ1) is 12.7. The van der Waals surface area contributed by atoms with Gasteiger partial charge in [0.05, 0.1) is 0 Å². The number of nitrogens with zero attached hydrogens (tertiary/aromatic N) is 3. The van der Waals surface area contributed by atoms with E-state index in [0.717, 1.165) is 45.1 Å². The largest absolute Gasteiger partial charge is 0.371 e. The van der Waals surface area contributed by atoms with Crippen LogP contribution in [0.2, 0.25) is 0 Å². The minimum absolute atomic E-state index is 0. The first kappa shape index (κ1) is 21.8. The van der Waals surface area contributed by atoms with Crippen LogP contribution < -0.4 is 15.5 Å². The van der Waals surface area contributed by atoms with E-state index in [1.54, 1.807) is 0 Å². The molecular formula is C20H32IN5O. The van der Waals surface area contributed by atoms with Gasteiger partial charge in [-0.25, -0.2) is 0 Å². The van der Waals surface area contributed by atoms with Crippen molar-refractivity contribution in [3.63, 3.8) is 0 Å². The van der Waals surface area contributed by atoms with Gasteiger partial charge in [-0.1, -0.05) is 25.1 Å². The number of amides is 1. The molecule has 0 bridgehead atoms. The van der Waals surface area contributed by atoms with Crippen molar-refractivity contribution in [2.75, 3.05) is 44.7 Å². The fourth-order valence-corrected chi connectivity index (χ4v) is 3.83. The van der Waals surface area contributed by atoms with Gasteiger partial charge in [-0.05, 0) is 30.9 Å². The Bertz CT molecular complexity index is 624. The molecule has 0 aliphatic carbocycles. The molecule has 2 fully saturated rings. The summed E-state index contributed by atoms with van der Waals surface area (Å²) in [5.41, 5.74) is 1.31. The summed E-state index contributed by atoms with van der Waals surface area (Å²) in [5, 5.41) is 6.95. The number of carbonyl (C=O) groups is 1. The standard InChI is InChI=1S/C20H31N5O.HI/c1-3-19(26)25-12-10-17(15-25)23-20(21-2)22-13-16-9-11-24(14-16)18-7-5-4-6-8-18;/h4-8,16-17H,3,9-15H2,1-2H3,(H2,21,22,23);1H. The Kier molecular flexibility index (Phi) is 8.66. The lowest BCUT2D eigenvalue weighted by Gasteiger charge is -2.21. The first-order valence-electron chi connectivity index (χ1n) is 9.74. The van der Waals surface area contributed by atoms with E-state index in [4.69, 9.17) is 0 Å². The molecule has 2 unspecified atom stereocenters. The molecule has 2 saturated heterocycles. The minimum atomic E-state index is 0. The van der Waals surface area contributed by atoms with Gasteiger partial charge in [0.1, 0.15) is 0 Å². The molecule has 0 aromatic heterocycles. The van der Waals surface area contributed by atoms with Gasteiger partial charge in [-0.3, -0.25) is 9.79 Å². The Labute approximate surface area is 179 Å². The Morgan fingerprint density at radius 2 is 1.96 bits per heavy atom. The van der Waals surface area contributed by atoms with Crippen LogP contribution in [0, 0.1) is 5.92 Å². The molecule has 2 aliphatic rings. The number of carbonyl (C=O) groups excluding carboxylic acids is 1. The lowest BCUT2D eigenvalue weighted by Crippen LogP contribution is -2.46. The summed E-state index contributed by atoms with van der Waals surface area (Å²) in [7, 11) is 1.81. The van der Waals surface area contributed by atoms with Crippen LogP contribution in [-0.2, 0) is 4.79 Å². The van der Waals surface area contributed by atoms with E-state index in [2.05, 4.69) is 50.9 Å². The fraction of sp³-hybridized carbons (Fsp3) is 0.600. The molecule has 150 valence electrons. The number of aliphatic imine (C=N–C) groups is 1. The van der Waals surface area contributed by atoms with E-state index >= 15 is 0 Å². The number of benzene rings is 1. The Balaban J connectivity index is 0.00000261. The average Bonchev–Trinajstić information content (AvgIpc) is 3.35. The van der Waals surface area contributed by atoms with Crippen molar-refractivity contribution in [1.82, 2.24) is 15.5 Å². The highest BCUT2D eigenvalue weighted by atomic mass is 127. The SMILES string of the molecule is CCC(=O)N1CCC(NC(=NC)NCC2CCN(c3ccccc3)C2)C1.I. The second-order valence-electron chi connectivity index (χ2n) is 7.21. The fourth-order valence-electron chi connectivity index (χ4n) is 3.83. The van der Waals surface area contributed by atoms with Gasteiger partial charge in [-0.2, -0.15) is 0 Å². The molecule has 2 heterocycles. The maximum Gasteiger partial charge on any atom is 0.222 e. The van der Waals surface area contributed by atoms with Gasteiger partial charge in [0.2, 0.25) is 5.91 Å². The van der Waals surface area contributed by atoms with Crippen LogP contribution in [0.4, 0.5) is 5.69 Å². The second kappa shape index (κ2) is 10.7. The van der Waals surface area contributed by atoms with E-state index < -0.39 is 0 Å². The van der Waals surface area contributed by atoms with Crippen LogP contribution in [0.15, 0.2) is 35.3 Å². The molecule has 2 aliphatic heterocycles. The molecular weight excluding hydrogens is 453 g/mol. The molecule has 1 aromatic carbocycles. The normalized spacial score (nSPS) is 22.5. The topological polar surface area (TPSA) is 60.0 Å². The smallest absolute Gasteiger partial charge is 0.222 e. The zero-order chi connectivity index (χ0) is 18.4. The number of nitrogens with one attached hydrogen (secondary N) is 2. The van der Waals surface area contributed by atoms with Crippen LogP contribution in [-0.4, -0.2) is 62.6 Å². The third-order valence-electron chi connectivity index (χ3n) is 5.37. The Morgan fingerprint density at radius 3 is 2.67 bits per heavy atom. The highest BCUT2D eigenvalue weighted by molar-refractivity contribution is 14.0. The van der Waals surface area contributed by atoms with Gasteiger partial charge in [-0.15, -0.1) is 24.0 Å². The predicted octanol–water partition coefficient (Wildman–Crippen LogP) is 2.31. The van der Waals surface area contributed by atoms with Gasteiger partial charge in [0.15, 0.2) is 5.96 Å². The quantitative estimate of drug-likeness (QED) is 0.382. The van der Waals surface area contributed by atoms with Crippen molar-refractivity contribution in [2.24, 2.45) is 10.9 Å². The van der Waals surface area contributed by atoms with E-state index in [-0.39, 0.29) is 29.9 Å². The summed E-state index contributed by atoms with van der Waals surface area (Å²) in [4.78, 5) is 20.6. The number of guanidine groups is 1. The number of para-hydroxylation sites is 1. The van der Waals surface area contributed by atoms with Gasteiger partial charge in [0, 0.05) is 57.9 Å². The molecule has 0 radical (unpaired) electrons. The molecule has 2 atom stereocenters. The van der Waals surface area contributed by atoms with E-state index in [9.17, 15) is 4.79 Å². The van der Waals surface area contributed by atoms with E-state index in [1.165, 1.54) is 12.1 Å². The lowest BCUT2D eigenvalue weighted by atomic mass is 10.1. The Hall–Kier alpha value is -1.51. The summed E-state index contributed by atoms with van der Waals surface area (Å²) in [6, 6.07) is 10.9. The third kappa shape index (κ3) is 5.99. The molecule has 27 heavy (non-hydrogen) atoms. The highest BCUT2D eigenvalue weighted by Gasteiger charge is 2.26. The zero-order valence-corrected chi connectivity index (χ0v) is 18.7. The van der Waals surface area contributed by atoms with E-state index in [1.807, 2.05) is 18.9 Å². The van der Waals surface area contributed by atoms with Crippen LogP contribution >= 0.6 is 24.0 Å². The average molecular weight is 485 g/mol. The minimum Gasteiger partial charge on any atom is -0.371 e. The third-order valence-corrected chi connectivity index (χ3v) is 5.37. The maximum absolute atomic E-state index is 11.8. The highest BCUT2D eigenvalue weighted by Crippen LogP contribution is 2.22. The van der Waals surface area contributed by atoms with Gasteiger partial charge < -0.3 is 20.4 Å². The summed E-state index contributed by atoms with van der Waals surface area (Å²) < 4.78 is 0. The number of hydrogen-bond donors (Lipinski definition) is 2. The van der Waals surface area contributed by atoms with Crippen molar-refractivity contribution >= 4 is 41.5 Å². The first-order valence-corrected chi connectivity index (χ1v) is 9.74. The summed E-state index contributed by atoms with van der Waals surface area (Å²) in [6.45, 7) is 6.65. The van der Waals surface area contributed by atoms with Crippen molar-refractivity contribution in [3.05, 3.63) is 30.3 Å². The molecule has 1 aromatic rings. The van der Waals surface area contributed by atoms with Crippen LogP contribution in [0.5, 0.6) is 0 Å².